The minimum Gasteiger partial charge on any atom is -0.495 e. The summed E-state index contributed by atoms with van der Waals surface area (Å²) in [6, 6.07) is 22.4. The Morgan fingerprint density at radius 1 is 0.926 bits per heavy atom. The van der Waals surface area contributed by atoms with Crippen LogP contribution in [-0.4, -0.2) is 25.1 Å². The summed E-state index contributed by atoms with van der Waals surface area (Å²) in [5, 5.41) is 2.88. The molecule has 0 heterocycles. The van der Waals surface area contributed by atoms with E-state index in [0.717, 1.165) is 11.1 Å². The van der Waals surface area contributed by atoms with Gasteiger partial charge in [0.15, 0.2) is 0 Å². The average molecular weight is 364 g/mol. The minimum atomic E-state index is -0.360. The number of urea groups is 1. The third-order valence-electron chi connectivity index (χ3n) is 4.36. The van der Waals surface area contributed by atoms with Crippen molar-refractivity contribution in [2.45, 2.75) is 6.04 Å². The minimum absolute atomic E-state index is 0.294. The molecule has 0 aliphatic rings. The van der Waals surface area contributed by atoms with Crippen molar-refractivity contribution in [1.29, 1.82) is 0 Å². The number of hydrogen-bond donors (Lipinski definition) is 1. The van der Waals surface area contributed by atoms with Crippen molar-refractivity contribution in [2.24, 2.45) is 0 Å². The number of halogens is 1. The summed E-state index contributed by atoms with van der Waals surface area (Å²) in [6.07, 6.45) is 0. The van der Waals surface area contributed by atoms with Crippen molar-refractivity contribution in [2.75, 3.05) is 19.5 Å². The van der Waals surface area contributed by atoms with Gasteiger partial charge in [0.25, 0.3) is 0 Å². The van der Waals surface area contributed by atoms with Crippen LogP contribution in [0.1, 0.15) is 17.2 Å². The number of carbonyl (C=O) groups is 1. The van der Waals surface area contributed by atoms with Crippen LogP contribution in [0.3, 0.4) is 0 Å². The second kappa shape index (κ2) is 8.36. The Kier molecular flexibility index (Phi) is 5.71. The fourth-order valence-electron chi connectivity index (χ4n) is 2.99. The van der Waals surface area contributed by atoms with E-state index < -0.39 is 0 Å². The van der Waals surface area contributed by atoms with Crippen LogP contribution in [0.25, 0.3) is 0 Å². The third-order valence-corrected chi connectivity index (χ3v) is 4.36. The van der Waals surface area contributed by atoms with Crippen molar-refractivity contribution in [3.8, 4) is 5.75 Å². The fourth-order valence-corrected chi connectivity index (χ4v) is 2.99. The molecule has 3 rings (SSSR count). The molecule has 0 aromatic heterocycles. The van der Waals surface area contributed by atoms with E-state index in [1.54, 1.807) is 43.3 Å². The second-order valence-corrected chi connectivity index (χ2v) is 6.11. The Hall–Kier alpha value is -3.34. The Morgan fingerprint density at radius 3 is 2.19 bits per heavy atom. The molecule has 0 bridgehead atoms. The number of rotatable bonds is 5. The second-order valence-electron chi connectivity index (χ2n) is 6.11. The summed E-state index contributed by atoms with van der Waals surface area (Å²) < 4.78 is 18.7. The van der Waals surface area contributed by atoms with Crippen LogP contribution < -0.4 is 10.1 Å². The molecule has 0 spiro atoms. The van der Waals surface area contributed by atoms with Gasteiger partial charge in [-0.3, -0.25) is 0 Å². The number of nitrogens with one attached hydrogen (secondary N) is 1. The van der Waals surface area contributed by atoms with E-state index in [1.165, 1.54) is 12.1 Å². The van der Waals surface area contributed by atoms with Gasteiger partial charge in [-0.2, -0.15) is 0 Å². The highest BCUT2D eigenvalue weighted by molar-refractivity contribution is 5.91. The van der Waals surface area contributed by atoms with E-state index in [1.807, 2.05) is 42.5 Å². The first-order chi connectivity index (χ1) is 13.1. The van der Waals surface area contributed by atoms with Gasteiger partial charge in [0, 0.05) is 7.05 Å². The summed E-state index contributed by atoms with van der Waals surface area (Å²) in [5.41, 5.74) is 2.34. The van der Waals surface area contributed by atoms with Crippen LogP contribution in [0, 0.1) is 5.82 Å². The van der Waals surface area contributed by atoms with Crippen molar-refractivity contribution in [1.82, 2.24) is 4.90 Å². The first-order valence-corrected chi connectivity index (χ1v) is 8.57. The quantitative estimate of drug-likeness (QED) is 0.685. The predicted molar refractivity (Wildman–Crippen MR) is 104 cm³/mol. The lowest BCUT2D eigenvalue weighted by Crippen LogP contribution is -2.35. The molecular formula is C22H21FN2O2. The van der Waals surface area contributed by atoms with Gasteiger partial charge in [-0.25, -0.2) is 9.18 Å². The molecule has 4 nitrogen and oxygen atoms in total. The van der Waals surface area contributed by atoms with Crippen LogP contribution in [0.2, 0.25) is 0 Å². The van der Waals surface area contributed by atoms with Crippen molar-refractivity contribution < 1.29 is 13.9 Å². The average Bonchev–Trinajstić information content (AvgIpc) is 2.70. The summed E-state index contributed by atoms with van der Waals surface area (Å²) >= 11 is 0. The normalized spacial score (nSPS) is 11.5. The van der Waals surface area contributed by atoms with Gasteiger partial charge in [0.1, 0.15) is 11.6 Å². The Morgan fingerprint density at radius 2 is 1.52 bits per heavy atom. The molecular weight excluding hydrogens is 343 g/mol. The number of para-hydroxylation sites is 2. The predicted octanol–water partition coefficient (Wildman–Crippen LogP) is 5.09. The maximum absolute atomic E-state index is 13.4. The third kappa shape index (κ3) is 4.26. The number of nitrogens with zero attached hydrogens (tertiary/aromatic N) is 1. The van der Waals surface area contributed by atoms with Crippen LogP contribution >= 0.6 is 0 Å². The molecule has 0 aliphatic carbocycles. The molecule has 0 aliphatic heterocycles. The van der Waals surface area contributed by atoms with Gasteiger partial charge >= 0.3 is 6.03 Å². The highest BCUT2D eigenvalue weighted by atomic mass is 19.1. The molecule has 0 unspecified atom stereocenters. The van der Waals surface area contributed by atoms with Crippen molar-refractivity contribution in [3.63, 3.8) is 0 Å². The smallest absolute Gasteiger partial charge is 0.322 e. The van der Waals surface area contributed by atoms with Gasteiger partial charge < -0.3 is 15.0 Å². The topological polar surface area (TPSA) is 41.6 Å². The maximum atomic E-state index is 13.4. The zero-order valence-corrected chi connectivity index (χ0v) is 15.2. The van der Waals surface area contributed by atoms with Crippen LogP contribution in [0.5, 0.6) is 5.75 Å². The first kappa shape index (κ1) is 18.5. The van der Waals surface area contributed by atoms with E-state index >= 15 is 0 Å². The lowest BCUT2D eigenvalue weighted by atomic mass is 9.97. The number of carbonyl (C=O) groups excluding carboxylic acids is 1. The van der Waals surface area contributed by atoms with E-state index in [-0.39, 0.29) is 17.9 Å². The van der Waals surface area contributed by atoms with Gasteiger partial charge in [0.05, 0.1) is 18.8 Å². The molecule has 5 heteroatoms. The van der Waals surface area contributed by atoms with Crippen LogP contribution in [0.15, 0.2) is 78.9 Å². The molecule has 0 saturated carbocycles. The summed E-state index contributed by atoms with van der Waals surface area (Å²) in [6.45, 7) is 0. The zero-order chi connectivity index (χ0) is 19.2. The van der Waals surface area contributed by atoms with Crippen LogP contribution in [-0.2, 0) is 0 Å². The summed E-state index contributed by atoms with van der Waals surface area (Å²) in [7, 11) is 3.27. The Balaban J connectivity index is 1.91. The number of benzene rings is 3. The van der Waals surface area contributed by atoms with E-state index in [0.29, 0.717) is 11.4 Å². The highest BCUT2D eigenvalue weighted by Gasteiger charge is 2.24. The molecule has 1 N–H and O–H groups in total. The number of hydrogen-bond acceptors (Lipinski definition) is 2. The van der Waals surface area contributed by atoms with Gasteiger partial charge in [0.2, 0.25) is 0 Å². The number of amides is 2. The van der Waals surface area contributed by atoms with Gasteiger partial charge in [-0.1, -0.05) is 54.6 Å². The van der Waals surface area contributed by atoms with E-state index in [2.05, 4.69) is 5.32 Å². The molecule has 27 heavy (non-hydrogen) atoms. The van der Waals surface area contributed by atoms with E-state index in [4.69, 9.17) is 4.74 Å². The number of methoxy groups -OCH3 is 1. The zero-order valence-electron chi connectivity index (χ0n) is 15.2. The maximum Gasteiger partial charge on any atom is 0.322 e. The van der Waals surface area contributed by atoms with E-state index in [9.17, 15) is 9.18 Å². The summed E-state index contributed by atoms with van der Waals surface area (Å²) in [4.78, 5) is 14.5. The molecule has 0 radical (unpaired) electrons. The fraction of sp³-hybridized carbons (Fsp3) is 0.136. The molecule has 2 amide bonds. The largest absolute Gasteiger partial charge is 0.495 e. The molecule has 3 aromatic carbocycles. The van der Waals surface area contributed by atoms with Crippen LogP contribution in [0.4, 0.5) is 14.9 Å². The highest BCUT2D eigenvalue weighted by Crippen LogP contribution is 2.29. The Labute approximate surface area is 158 Å². The van der Waals surface area contributed by atoms with Crippen molar-refractivity contribution in [3.05, 3.63) is 95.8 Å². The lowest BCUT2D eigenvalue weighted by molar-refractivity contribution is 0.212. The standard InChI is InChI=1S/C22H21FN2O2/c1-25(22(26)24-19-10-6-7-11-20(19)27-2)21(16-8-4-3-5-9-16)17-12-14-18(23)15-13-17/h3-15,21H,1-2H3,(H,24,26)/t21-/m0/s1. The molecule has 1 atom stereocenters. The molecule has 138 valence electrons. The van der Waals surface area contributed by atoms with Gasteiger partial charge in [-0.15, -0.1) is 0 Å². The lowest BCUT2D eigenvalue weighted by Gasteiger charge is -2.29. The molecule has 0 fully saturated rings. The van der Waals surface area contributed by atoms with Gasteiger partial charge in [-0.05, 0) is 35.4 Å². The number of ether oxygens (including phenoxy) is 1. The number of anilines is 1. The monoisotopic (exact) mass is 364 g/mol. The molecule has 3 aromatic rings. The van der Waals surface area contributed by atoms with Crippen molar-refractivity contribution >= 4 is 11.7 Å². The first-order valence-electron chi connectivity index (χ1n) is 8.57. The molecule has 0 saturated heterocycles. The Bertz CT molecular complexity index is 898. The summed E-state index contributed by atoms with van der Waals surface area (Å²) in [5.74, 6) is 0.268. The SMILES string of the molecule is COc1ccccc1NC(=O)N(C)[C@@H](c1ccccc1)c1ccc(F)cc1.